The van der Waals surface area contributed by atoms with Crippen molar-refractivity contribution in [3.05, 3.63) is 25.0 Å². The zero-order chi connectivity index (χ0) is 16.5. The predicted octanol–water partition coefficient (Wildman–Crippen LogP) is -0.409. The highest BCUT2D eigenvalue weighted by Gasteiger charge is 2.56. The van der Waals surface area contributed by atoms with Crippen molar-refractivity contribution in [2.75, 3.05) is 6.61 Å². The quantitative estimate of drug-likeness (QED) is 0.450. The van der Waals surface area contributed by atoms with Crippen molar-refractivity contribution in [2.24, 2.45) is 0 Å². The smallest absolute Gasteiger partial charge is 0.385 e. The van der Waals surface area contributed by atoms with Crippen LogP contribution < -0.4 is 0 Å². The first-order valence-electron chi connectivity index (χ1n) is 7.24. The number of aliphatic hydroxyl groups is 1. The molecule has 2 N–H and O–H groups in total. The van der Waals surface area contributed by atoms with Crippen LogP contribution in [0.2, 0.25) is 0 Å². The topological polar surface area (TPSA) is 116 Å². The van der Waals surface area contributed by atoms with E-state index in [0.29, 0.717) is 16.8 Å². The van der Waals surface area contributed by atoms with Gasteiger partial charge in [-0.25, -0.2) is 19.8 Å². The van der Waals surface area contributed by atoms with Crippen LogP contribution in [0.4, 0.5) is 0 Å². The Balaban J connectivity index is 1.56. The molecular formula is C12H12BN5O5P+. The minimum Gasteiger partial charge on any atom is -0.385 e. The van der Waals surface area contributed by atoms with Gasteiger partial charge in [0.2, 0.25) is 0 Å². The van der Waals surface area contributed by atoms with Crippen molar-refractivity contribution >= 4 is 32.2 Å². The van der Waals surface area contributed by atoms with E-state index in [1.807, 2.05) is 0 Å². The average molecular weight is 348 g/mol. The van der Waals surface area contributed by atoms with Crippen molar-refractivity contribution < 1.29 is 23.8 Å². The molecule has 2 saturated heterocycles. The molecule has 3 aromatic heterocycles. The van der Waals surface area contributed by atoms with Gasteiger partial charge < -0.3 is 9.84 Å². The van der Waals surface area contributed by atoms with E-state index in [2.05, 4.69) is 15.0 Å². The maximum atomic E-state index is 10.6. The Hall–Kier alpha value is -1.62. The van der Waals surface area contributed by atoms with Crippen LogP contribution in [0.15, 0.2) is 25.0 Å². The molecule has 0 amide bonds. The zero-order valence-electron chi connectivity index (χ0n) is 12.2. The van der Waals surface area contributed by atoms with Gasteiger partial charge in [-0.2, -0.15) is 9.05 Å². The first-order valence-corrected chi connectivity index (χ1v) is 8.89. The molecule has 5 heterocycles. The summed E-state index contributed by atoms with van der Waals surface area (Å²) in [5, 5.41) is 10.6. The van der Waals surface area contributed by atoms with E-state index in [1.54, 1.807) is 27.7 Å². The Bertz CT molecular complexity index is 931. The van der Waals surface area contributed by atoms with Crippen LogP contribution in [0.25, 0.3) is 16.8 Å². The van der Waals surface area contributed by atoms with Crippen LogP contribution in [0.5, 0.6) is 0 Å². The second kappa shape index (κ2) is 4.95. The predicted molar refractivity (Wildman–Crippen MR) is 81.9 cm³/mol. The Morgan fingerprint density at radius 2 is 2.12 bits per heavy atom. The number of aliphatic hydroxyl groups excluding tert-OH is 1. The highest BCUT2D eigenvalue weighted by Crippen LogP contribution is 2.58. The van der Waals surface area contributed by atoms with Gasteiger partial charge in [0.25, 0.3) is 0 Å². The van der Waals surface area contributed by atoms with Gasteiger partial charge in [0.05, 0.1) is 6.33 Å². The third-order valence-corrected chi connectivity index (χ3v) is 5.30. The fourth-order valence-corrected chi connectivity index (χ4v) is 4.16. The second-order valence-corrected chi connectivity index (χ2v) is 7.31. The Morgan fingerprint density at radius 1 is 1.25 bits per heavy atom. The van der Waals surface area contributed by atoms with E-state index in [1.165, 1.54) is 6.33 Å². The van der Waals surface area contributed by atoms with E-state index in [-0.39, 0.29) is 6.61 Å². The van der Waals surface area contributed by atoms with Crippen LogP contribution in [-0.2, 0) is 13.8 Å². The number of ether oxygens (including phenoxy) is 1. The fraction of sp³-hybridized carbons (Fsp3) is 0.417. The summed E-state index contributed by atoms with van der Waals surface area (Å²) in [7, 11) is 2.10. The fourth-order valence-electron chi connectivity index (χ4n) is 3.13. The molecule has 3 aromatic rings. The molecular weight excluding hydrogens is 336 g/mol. The van der Waals surface area contributed by atoms with Crippen LogP contribution in [0.3, 0.4) is 0 Å². The molecule has 5 rings (SSSR count). The molecule has 10 nitrogen and oxygen atoms in total. The van der Waals surface area contributed by atoms with Crippen LogP contribution in [0.1, 0.15) is 6.23 Å². The molecule has 122 valence electrons. The molecule has 2 radical (unpaired) electrons. The largest absolute Gasteiger partial charge is 0.488 e. The molecule has 24 heavy (non-hydrogen) atoms. The Kier molecular flexibility index (Phi) is 3.03. The van der Waals surface area contributed by atoms with Gasteiger partial charge in [0, 0.05) is 12.4 Å². The molecule has 0 aromatic carbocycles. The lowest BCUT2D eigenvalue weighted by Crippen LogP contribution is -2.40. The van der Waals surface area contributed by atoms with Crippen molar-refractivity contribution in [1.29, 1.82) is 0 Å². The number of fused-ring (bicyclic) bond motifs is 4. The molecule has 2 unspecified atom stereocenters. The summed E-state index contributed by atoms with van der Waals surface area (Å²) >= 11 is 0. The lowest BCUT2D eigenvalue weighted by molar-refractivity contribution is -0.0603. The van der Waals surface area contributed by atoms with E-state index in [0.717, 1.165) is 0 Å². The van der Waals surface area contributed by atoms with Gasteiger partial charge in [-0.15, -0.1) is 0 Å². The third-order valence-electron chi connectivity index (χ3n) is 4.23. The maximum Gasteiger partial charge on any atom is 0.488 e. The number of rotatable bonds is 1. The molecule has 12 heteroatoms. The lowest BCUT2D eigenvalue weighted by Gasteiger charge is -2.27. The number of hydrogen-bond acceptors (Lipinski definition) is 8. The van der Waals surface area contributed by atoms with E-state index in [9.17, 15) is 10.00 Å². The van der Waals surface area contributed by atoms with Gasteiger partial charge in [0.1, 0.15) is 25.1 Å². The Labute approximate surface area is 137 Å². The van der Waals surface area contributed by atoms with Crippen molar-refractivity contribution in [3.8, 4) is 0 Å². The first-order chi connectivity index (χ1) is 11.5. The number of imidazole rings is 2. The van der Waals surface area contributed by atoms with E-state index in [4.69, 9.17) is 21.4 Å². The van der Waals surface area contributed by atoms with E-state index >= 15 is 0 Å². The zero-order valence-corrected chi connectivity index (χ0v) is 13.1. The average Bonchev–Trinajstić information content (AvgIpc) is 3.23. The van der Waals surface area contributed by atoms with E-state index < -0.39 is 32.4 Å². The molecule has 0 bridgehead atoms. The van der Waals surface area contributed by atoms with Gasteiger partial charge in [0.15, 0.2) is 29.1 Å². The minimum atomic E-state index is -3.41. The molecule has 0 aliphatic carbocycles. The van der Waals surface area contributed by atoms with Crippen molar-refractivity contribution in [2.45, 2.75) is 24.5 Å². The van der Waals surface area contributed by atoms with Crippen molar-refractivity contribution in [1.82, 2.24) is 23.9 Å². The maximum absolute atomic E-state index is 10.6. The van der Waals surface area contributed by atoms with Crippen LogP contribution in [0, 0.1) is 0 Å². The number of aromatic nitrogens is 5. The summed E-state index contributed by atoms with van der Waals surface area (Å²) in [4.78, 5) is 22.7. The molecule has 2 aliphatic heterocycles. The molecule has 0 spiro atoms. The van der Waals surface area contributed by atoms with Crippen LogP contribution in [-0.4, -0.2) is 66.4 Å². The summed E-state index contributed by atoms with van der Waals surface area (Å²) in [6.45, 7) is 0.0452. The first kappa shape index (κ1) is 14.7. The summed E-state index contributed by atoms with van der Waals surface area (Å²) in [5.74, 6) is 0. The molecule has 5 atom stereocenters. The summed E-state index contributed by atoms with van der Waals surface area (Å²) in [6.07, 6.45) is 3.42. The second-order valence-electron chi connectivity index (χ2n) is 5.71. The molecule has 2 fully saturated rings. The van der Waals surface area contributed by atoms with Gasteiger partial charge in [-0.05, 0) is 0 Å². The summed E-state index contributed by atoms with van der Waals surface area (Å²) in [6, 6.07) is 0. The normalized spacial score (nSPS) is 36.4. The SMILES string of the molecule is [B][P+]1(O)OC[C@H]2O[C@@H](n3cnc4c3ncn3ccnc43)C(O)[C@H]2O1. The monoisotopic (exact) mass is 348 g/mol. The minimum absolute atomic E-state index is 0.0452. The highest BCUT2D eigenvalue weighted by atomic mass is 31.2. The number of hydrogen-bond donors (Lipinski definition) is 2. The highest BCUT2D eigenvalue weighted by molar-refractivity contribution is 7.85. The van der Waals surface area contributed by atoms with Crippen LogP contribution >= 0.6 is 7.82 Å². The standard InChI is InChI=1S/C12H12BN5O5P/c13-24(20)21-3-6-9(23-24)8(19)12(22-6)18-5-15-7-10-14-1-2-17(10)4-16-11(7)18/h1-2,4-6,8-9,12,19-20H,3H2/q+1/t6-,8?,9+,12-,24?/m1/s1. The lowest BCUT2D eigenvalue weighted by atomic mass is 10.1. The molecule has 0 saturated carbocycles. The Morgan fingerprint density at radius 3 is 3.00 bits per heavy atom. The van der Waals surface area contributed by atoms with Gasteiger partial charge in [-0.1, -0.05) is 0 Å². The number of nitrogens with zero attached hydrogens (tertiary/aromatic N) is 5. The third kappa shape index (κ3) is 2.03. The molecule has 2 aliphatic rings. The van der Waals surface area contributed by atoms with Gasteiger partial charge in [-0.3, -0.25) is 8.97 Å². The summed E-state index contributed by atoms with van der Waals surface area (Å²) < 4.78 is 19.5. The van der Waals surface area contributed by atoms with Gasteiger partial charge >= 0.3 is 15.4 Å². The van der Waals surface area contributed by atoms with Crippen molar-refractivity contribution in [3.63, 3.8) is 0 Å². The summed E-state index contributed by atoms with van der Waals surface area (Å²) in [5.41, 5.74) is 1.77.